The number of thioether (sulfide) groups is 1. The Hall–Kier alpha value is -3.63. The number of aliphatic carboxylic acids is 1. The molecule has 10 heteroatoms. The Kier molecular flexibility index (Phi) is 10.8. The van der Waals surface area contributed by atoms with Gasteiger partial charge in [-0.1, -0.05) is 48.5 Å². The number of hydrogen-bond acceptors (Lipinski definition) is 7. The van der Waals surface area contributed by atoms with E-state index >= 15 is 0 Å². The third-order valence-corrected chi connectivity index (χ3v) is 7.78. The maximum atomic E-state index is 13.2. The van der Waals surface area contributed by atoms with E-state index in [9.17, 15) is 19.5 Å². The Balaban J connectivity index is 1.48. The molecule has 1 saturated heterocycles. The SMILES string of the molecule is CSCCC(NC(=O)CN(Cc1cccc2ccccc12)C[C@@H]1CCCN1C(=O)CNc1ccccn1)C(=O)O. The first-order chi connectivity index (χ1) is 19.4. The molecule has 3 N–H and O–H groups in total. The molecule has 0 aliphatic carbocycles. The standard InChI is InChI=1S/C30H37N5O4S/c1-40-17-14-26(30(38)39)33-28(36)21-34(19-23-10-6-9-22-8-2-3-12-25(22)23)20-24-11-7-16-35(24)29(37)18-32-27-13-4-5-15-31-27/h2-6,8-10,12-13,15,24,26H,7,11,14,16-21H2,1H3,(H,31,32)(H,33,36)(H,38,39)/t24-,26?/m0/s1. The molecular formula is C30H37N5O4S. The Labute approximate surface area is 239 Å². The summed E-state index contributed by atoms with van der Waals surface area (Å²) in [5.74, 6) is -0.0822. The van der Waals surface area contributed by atoms with E-state index in [-0.39, 0.29) is 30.9 Å². The van der Waals surface area contributed by atoms with Crippen LogP contribution in [0.2, 0.25) is 0 Å². The molecular weight excluding hydrogens is 526 g/mol. The van der Waals surface area contributed by atoms with Gasteiger partial charge in [-0.25, -0.2) is 9.78 Å². The van der Waals surface area contributed by atoms with Gasteiger partial charge in [0.1, 0.15) is 11.9 Å². The number of carboxylic acids is 1. The molecule has 3 aromatic rings. The summed E-state index contributed by atoms with van der Waals surface area (Å²) in [4.78, 5) is 46.2. The number of hydrogen-bond donors (Lipinski definition) is 3. The van der Waals surface area contributed by atoms with Crippen molar-refractivity contribution < 1.29 is 19.5 Å². The molecule has 2 atom stereocenters. The van der Waals surface area contributed by atoms with Gasteiger partial charge >= 0.3 is 5.97 Å². The van der Waals surface area contributed by atoms with Crippen molar-refractivity contribution in [2.24, 2.45) is 0 Å². The van der Waals surface area contributed by atoms with E-state index in [1.165, 1.54) is 0 Å². The number of carbonyl (C=O) groups excluding carboxylic acids is 2. The van der Waals surface area contributed by atoms with Crippen molar-refractivity contribution in [2.75, 3.05) is 43.5 Å². The zero-order chi connectivity index (χ0) is 28.3. The summed E-state index contributed by atoms with van der Waals surface area (Å²) >= 11 is 1.55. The van der Waals surface area contributed by atoms with Crippen LogP contribution in [0.25, 0.3) is 10.8 Å². The lowest BCUT2D eigenvalue weighted by molar-refractivity contribution is -0.142. The molecule has 0 spiro atoms. The molecule has 4 rings (SSSR count). The molecule has 1 aliphatic heterocycles. The highest BCUT2D eigenvalue weighted by Crippen LogP contribution is 2.23. The fraction of sp³-hybridized carbons (Fsp3) is 0.400. The molecule has 2 aromatic carbocycles. The van der Waals surface area contributed by atoms with Gasteiger partial charge in [0.2, 0.25) is 11.8 Å². The first-order valence-electron chi connectivity index (χ1n) is 13.6. The second kappa shape index (κ2) is 14.7. The van der Waals surface area contributed by atoms with E-state index in [0.29, 0.717) is 37.6 Å². The van der Waals surface area contributed by atoms with Gasteiger partial charge in [-0.15, -0.1) is 0 Å². The number of aromatic nitrogens is 1. The lowest BCUT2D eigenvalue weighted by Gasteiger charge is -2.31. The number of nitrogens with zero attached hydrogens (tertiary/aromatic N) is 3. The molecule has 0 radical (unpaired) electrons. The number of anilines is 1. The molecule has 40 heavy (non-hydrogen) atoms. The highest BCUT2D eigenvalue weighted by molar-refractivity contribution is 7.98. The van der Waals surface area contributed by atoms with Crippen LogP contribution in [0, 0.1) is 0 Å². The Morgan fingerprint density at radius 3 is 2.70 bits per heavy atom. The van der Waals surface area contributed by atoms with Gasteiger partial charge in [-0.3, -0.25) is 14.5 Å². The second-order valence-electron chi connectivity index (χ2n) is 10.00. The molecule has 2 heterocycles. The quantitative estimate of drug-likeness (QED) is 0.273. The van der Waals surface area contributed by atoms with Gasteiger partial charge in [0.25, 0.3) is 0 Å². The van der Waals surface area contributed by atoms with E-state index in [2.05, 4.69) is 39.9 Å². The van der Waals surface area contributed by atoms with E-state index in [0.717, 1.165) is 29.2 Å². The number of fused-ring (bicyclic) bond motifs is 1. The summed E-state index contributed by atoms with van der Waals surface area (Å²) in [5, 5.41) is 17.6. The largest absolute Gasteiger partial charge is 0.480 e. The van der Waals surface area contributed by atoms with Crippen LogP contribution < -0.4 is 10.6 Å². The van der Waals surface area contributed by atoms with E-state index in [1.54, 1.807) is 18.0 Å². The molecule has 1 fully saturated rings. The summed E-state index contributed by atoms with van der Waals surface area (Å²) in [6, 6.07) is 18.8. The van der Waals surface area contributed by atoms with Crippen LogP contribution in [-0.2, 0) is 20.9 Å². The lowest BCUT2D eigenvalue weighted by atomic mass is 10.0. The smallest absolute Gasteiger partial charge is 0.326 e. The minimum atomic E-state index is -1.03. The van der Waals surface area contributed by atoms with Gasteiger partial charge < -0.3 is 20.6 Å². The number of carboxylic acid groups (broad SMARTS) is 1. The molecule has 1 aromatic heterocycles. The third-order valence-electron chi connectivity index (χ3n) is 7.14. The number of amides is 2. The minimum absolute atomic E-state index is 0.00859. The van der Waals surface area contributed by atoms with E-state index in [4.69, 9.17) is 0 Å². The average Bonchev–Trinajstić information content (AvgIpc) is 3.42. The van der Waals surface area contributed by atoms with Gasteiger partial charge in [0.05, 0.1) is 13.1 Å². The Bertz CT molecular complexity index is 1290. The van der Waals surface area contributed by atoms with Crippen molar-refractivity contribution in [3.63, 3.8) is 0 Å². The predicted molar refractivity (Wildman–Crippen MR) is 159 cm³/mol. The topological polar surface area (TPSA) is 115 Å². The molecule has 1 unspecified atom stereocenters. The van der Waals surface area contributed by atoms with Crippen LogP contribution >= 0.6 is 11.8 Å². The van der Waals surface area contributed by atoms with Gasteiger partial charge in [-0.05, 0) is 59.7 Å². The molecule has 0 bridgehead atoms. The van der Waals surface area contributed by atoms with Crippen LogP contribution in [-0.4, -0.2) is 87.9 Å². The Morgan fingerprint density at radius 1 is 1.12 bits per heavy atom. The normalized spacial score (nSPS) is 15.8. The van der Waals surface area contributed by atoms with E-state index in [1.807, 2.05) is 52.5 Å². The van der Waals surface area contributed by atoms with Crippen LogP contribution in [0.4, 0.5) is 5.82 Å². The van der Waals surface area contributed by atoms with Crippen molar-refractivity contribution in [3.05, 3.63) is 72.4 Å². The highest BCUT2D eigenvalue weighted by Gasteiger charge is 2.31. The van der Waals surface area contributed by atoms with Crippen molar-refractivity contribution in [1.82, 2.24) is 20.1 Å². The number of benzene rings is 2. The van der Waals surface area contributed by atoms with Crippen LogP contribution in [0.5, 0.6) is 0 Å². The fourth-order valence-corrected chi connectivity index (χ4v) is 5.65. The van der Waals surface area contributed by atoms with Crippen LogP contribution in [0.3, 0.4) is 0 Å². The molecule has 1 aliphatic rings. The average molecular weight is 564 g/mol. The van der Waals surface area contributed by atoms with E-state index < -0.39 is 12.0 Å². The van der Waals surface area contributed by atoms with Crippen LogP contribution in [0.1, 0.15) is 24.8 Å². The molecule has 9 nitrogen and oxygen atoms in total. The summed E-state index contributed by atoms with van der Waals surface area (Å²) in [6.07, 6.45) is 5.68. The number of likely N-dealkylation sites (tertiary alicyclic amines) is 1. The van der Waals surface area contributed by atoms with Crippen LogP contribution in [0.15, 0.2) is 66.9 Å². The number of carbonyl (C=O) groups is 3. The highest BCUT2D eigenvalue weighted by atomic mass is 32.2. The fourth-order valence-electron chi connectivity index (χ4n) is 5.18. The number of nitrogens with one attached hydrogen (secondary N) is 2. The number of rotatable bonds is 14. The van der Waals surface area contributed by atoms with Crippen molar-refractivity contribution >= 4 is 46.1 Å². The Morgan fingerprint density at radius 2 is 1.93 bits per heavy atom. The first-order valence-corrected chi connectivity index (χ1v) is 15.0. The minimum Gasteiger partial charge on any atom is -0.480 e. The second-order valence-corrected chi connectivity index (χ2v) is 11.0. The van der Waals surface area contributed by atoms with Gasteiger partial charge in [-0.2, -0.15) is 11.8 Å². The zero-order valence-electron chi connectivity index (χ0n) is 22.8. The van der Waals surface area contributed by atoms with Crippen molar-refractivity contribution in [1.29, 1.82) is 0 Å². The summed E-state index contributed by atoms with van der Waals surface area (Å²) < 4.78 is 0. The summed E-state index contributed by atoms with van der Waals surface area (Å²) in [6.45, 7) is 1.86. The maximum Gasteiger partial charge on any atom is 0.326 e. The third kappa shape index (κ3) is 8.19. The van der Waals surface area contributed by atoms with Crippen molar-refractivity contribution in [3.8, 4) is 0 Å². The predicted octanol–water partition coefficient (Wildman–Crippen LogP) is 3.46. The first kappa shape index (κ1) is 29.4. The maximum absolute atomic E-state index is 13.2. The van der Waals surface area contributed by atoms with Crippen molar-refractivity contribution in [2.45, 2.75) is 37.9 Å². The summed E-state index contributed by atoms with van der Waals surface area (Å²) in [7, 11) is 0. The molecule has 0 saturated carbocycles. The summed E-state index contributed by atoms with van der Waals surface area (Å²) in [5.41, 5.74) is 1.08. The zero-order valence-corrected chi connectivity index (χ0v) is 23.6. The lowest BCUT2D eigenvalue weighted by Crippen LogP contribution is -2.49. The number of pyridine rings is 1. The monoisotopic (exact) mass is 563 g/mol. The van der Waals surface area contributed by atoms with Gasteiger partial charge in [0, 0.05) is 31.9 Å². The molecule has 212 valence electrons. The molecule has 2 amide bonds. The van der Waals surface area contributed by atoms with Gasteiger partial charge in [0.15, 0.2) is 0 Å².